The van der Waals surface area contributed by atoms with Crippen molar-refractivity contribution in [1.29, 1.82) is 0 Å². The van der Waals surface area contributed by atoms with Crippen molar-refractivity contribution in [2.24, 2.45) is 0 Å². The Kier molecular flexibility index (Phi) is 4.46. The molecule has 1 aromatic carbocycles. The Morgan fingerprint density at radius 1 is 1.25 bits per heavy atom. The molecule has 0 aliphatic carbocycles. The van der Waals surface area contributed by atoms with Crippen LogP contribution in [0.1, 0.15) is 28.2 Å². The summed E-state index contributed by atoms with van der Waals surface area (Å²) in [4.78, 5) is 27.1. The van der Waals surface area contributed by atoms with Gasteiger partial charge in [0.2, 0.25) is 5.78 Å². The van der Waals surface area contributed by atoms with E-state index in [9.17, 15) is 9.59 Å². The van der Waals surface area contributed by atoms with Crippen molar-refractivity contribution >= 4 is 22.7 Å². The summed E-state index contributed by atoms with van der Waals surface area (Å²) >= 11 is 0. The highest BCUT2D eigenvalue weighted by Gasteiger charge is 2.14. The predicted molar refractivity (Wildman–Crippen MR) is 89.9 cm³/mol. The van der Waals surface area contributed by atoms with Crippen molar-refractivity contribution in [3.05, 3.63) is 53.5 Å². The van der Waals surface area contributed by atoms with Crippen LogP contribution < -0.4 is 0 Å². The molecule has 0 amide bonds. The molecule has 0 aliphatic rings. The van der Waals surface area contributed by atoms with Crippen LogP contribution in [0.4, 0.5) is 0 Å². The lowest BCUT2D eigenvalue weighted by Crippen LogP contribution is -2.16. The maximum atomic E-state index is 12.2. The fraction of sp³-hybridized carbons (Fsp3) is 0.278. The van der Waals surface area contributed by atoms with Crippen molar-refractivity contribution in [2.75, 3.05) is 6.61 Å². The Morgan fingerprint density at radius 3 is 2.79 bits per heavy atom. The summed E-state index contributed by atoms with van der Waals surface area (Å²) in [6.45, 7) is 4.03. The number of fused-ring (bicyclic) bond motifs is 1. The number of rotatable bonds is 6. The second kappa shape index (κ2) is 6.70. The van der Waals surface area contributed by atoms with Crippen LogP contribution in [0.5, 0.6) is 0 Å². The number of hydrogen-bond donors (Lipinski definition) is 1. The van der Waals surface area contributed by atoms with E-state index >= 15 is 0 Å². The molecule has 0 bridgehead atoms. The van der Waals surface area contributed by atoms with Gasteiger partial charge in [0, 0.05) is 28.4 Å². The molecule has 1 N–H and O–H groups in total. The molecule has 0 fully saturated rings. The van der Waals surface area contributed by atoms with Gasteiger partial charge in [-0.3, -0.25) is 14.3 Å². The lowest BCUT2D eigenvalue weighted by molar-refractivity contribution is -0.142. The van der Waals surface area contributed by atoms with E-state index in [1.807, 2.05) is 44.2 Å². The van der Waals surface area contributed by atoms with E-state index in [2.05, 4.69) is 10.1 Å². The van der Waals surface area contributed by atoms with E-state index in [1.54, 1.807) is 10.9 Å². The fourth-order valence-corrected chi connectivity index (χ4v) is 2.70. The van der Waals surface area contributed by atoms with Gasteiger partial charge in [-0.1, -0.05) is 18.2 Å². The summed E-state index contributed by atoms with van der Waals surface area (Å²) < 4.78 is 6.86. The maximum Gasteiger partial charge on any atom is 0.308 e. The molecule has 0 spiro atoms. The number of aryl methyl sites for hydroxylation is 3. The van der Waals surface area contributed by atoms with Crippen molar-refractivity contribution < 1.29 is 14.3 Å². The average Bonchev–Trinajstić information content (AvgIpc) is 3.13. The van der Waals surface area contributed by atoms with E-state index in [0.29, 0.717) is 12.1 Å². The number of nitrogens with zero attached hydrogens (tertiary/aromatic N) is 2. The highest BCUT2D eigenvalue weighted by molar-refractivity contribution is 6.08. The molecular weight excluding hydrogens is 306 g/mol. The van der Waals surface area contributed by atoms with Gasteiger partial charge in [-0.15, -0.1) is 0 Å². The van der Waals surface area contributed by atoms with Crippen LogP contribution in [0.2, 0.25) is 0 Å². The van der Waals surface area contributed by atoms with Gasteiger partial charge in [-0.05, 0) is 26.0 Å². The summed E-state index contributed by atoms with van der Waals surface area (Å²) in [5.41, 5.74) is 3.33. The fourth-order valence-electron chi connectivity index (χ4n) is 2.70. The zero-order chi connectivity index (χ0) is 17.1. The molecule has 0 atom stereocenters. The van der Waals surface area contributed by atoms with Gasteiger partial charge in [0.05, 0.1) is 18.7 Å². The number of aromatic amines is 1. The van der Waals surface area contributed by atoms with Gasteiger partial charge < -0.3 is 9.72 Å². The summed E-state index contributed by atoms with van der Waals surface area (Å²) in [5, 5.41) is 5.12. The van der Waals surface area contributed by atoms with Gasteiger partial charge >= 0.3 is 5.97 Å². The Labute approximate surface area is 139 Å². The average molecular weight is 325 g/mol. The lowest BCUT2D eigenvalue weighted by atomic mass is 10.1. The minimum atomic E-state index is -0.407. The molecule has 24 heavy (non-hydrogen) atoms. The summed E-state index contributed by atoms with van der Waals surface area (Å²) in [6.07, 6.45) is 1.83. The third kappa shape index (κ3) is 3.37. The first-order valence-electron chi connectivity index (χ1n) is 7.80. The number of esters is 1. The van der Waals surface area contributed by atoms with Crippen LogP contribution in [0.15, 0.2) is 36.5 Å². The highest BCUT2D eigenvalue weighted by Crippen LogP contribution is 2.18. The molecule has 0 radical (unpaired) electrons. The Bertz CT molecular complexity index is 892. The van der Waals surface area contributed by atoms with E-state index < -0.39 is 5.97 Å². The first kappa shape index (κ1) is 16.0. The quantitative estimate of drug-likeness (QED) is 0.558. The number of aromatic nitrogens is 3. The second-order valence-corrected chi connectivity index (χ2v) is 5.73. The predicted octanol–water partition coefficient (Wildman–Crippen LogP) is 2.80. The molecule has 3 rings (SSSR count). The van der Waals surface area contributed by atoms with E-state index in [4.69, 9.17) is 4.74 Å². The molecule has 2 heterocycles. The molecule has 0 saturated carbocycles. The van der Waals surface area contributed by atoms with Gasteiger partial charge in [0.25, 0.3) is 0 Å². The minimum Gasteiger partial charge on any atom is -0.457 e. The van der Waals surface area contributed by atoms with Gasteiger partial charge in [0.1, 0.15) is 0 Å². The molecule has 0 unspecified atom stereocenters. The number of carbonyl (C=O) groups is 2. The number of carbonyl (C=O) groups excluding carboxylic acids is 2. The number of H-pyrrole nitrogens is 1. The van der Waals surface area contributed by atoms with Crippen molar-refractivity contribution in [3.8, 4) is 0 Å². The van der Waals surface area contributed by atoms with Gasteiger partial charge in [-0.2, -0.15) is 5.10 Å². The maximum absolute atomic E-state index is 12.2. The molecule has 6 heteroatoms. The SMILES string of the molecule is Cc1cc(C)n(CCC(=O)OCC(=O)c2c[nH]c3ccccc23)n1. The molecular formula is C18H19N3O3. The number of benzene rings is 1. The van der Waals surface area contributed by atoms with Crippen LogP contribution in [0.25, 0.3) is 10.9 Å². The zero-order valence-corrected chi connectivity index (χ0v) is 13.7. The molecule has 6 nitrogen and oxygen atoms in total. The van der Waals surface area contributed by atoms with E-state index in [0.717, 1.165) is 22.3 Å². The minimum absolute atomic E-state index is 0.184. The van der Waals surface area contributed by atoms with E-state index in [1.165, 1.54) is 0 Å². The first-order valence-corrected chi connectivity index (χ1v) is 7.80. The monoisotopic (exact) mass is 325 g/mol. The number of ketones is 1. The molecule has 124 valence electrons. The first-order chi connectivity index (χ1) is 11.5. The van der Waals surface area contributed by atoms with Crippen LogP contribution >= 0.6 is 0 Å². The Morgan fingerprint density at radius 2 is 2.04 bits per heavy atom. The number of para-hydroxylation sites is 1. The van der Waals surface area contributed by atoms with Crippen LogP contribution in [-0.4, -0.2) is 33.1 Å². The van der Waals surface area contributed by atoms with Gasteiger partial charge in [-0.25, -0.2) is 0 Å². The summed E-state index contributed by atoms with van der Waals surface area (Å²) in [7, 11) is 0. The number of Topliss-reactive ketones (excluding diaryl/α,β-unsaturated/α-hetero) is 1. The number of hydrogen-bond acceptors (Lipinski definition) is 4. The van der Waals surface area contributed by atoms with Crippen molar-refractivity contribution in [1.82, 2.24) is 14.8 Å². The Hall–Kier alpha value is -2.89. The van der Waals surface area contributed by atoms with E-state index in [-0.39, 0.29) is 18.8 Å². The van der Waals surface area contributed by atoms with Gasteiger partial charge in [0.15, 0.2) is 6.61 Å². The number of nitrogens with one attached hydrogen (secondary N) is 1. The topological polar surface area (TPSA) is 77.0 Å². The molecule has 2 aromatic heterocycles. The smallest absolute Gasteiger partial charge is 0.308 e. The highest BCUT2D eigenvalue weighted by atomic mass is 16.5. The van der Waals surface area contributed by atoms with Crippen molar-refractivity contribution in [2.45, 2.75) is 26.8 Å². The third-order valence-electron chi connectivity index (χ3n) is 3.88. The standard InChI is InChI=1S/C18H19N3O3/c1-12-9-13(2)21(20-12)8-7-18(23)24-11-17(22)15-10-19-16-6-4-3-5-14(15)16/h3-6,9-10,19H,7-8,11H2,1-2H3. The Balaban J connectivity index is 1.54. The molecule has 0 aliphatic heterocycles. The summed E-state index contributed by atoms with van der Waals surface area (Å²) in [6, 6.07) is 9.47. The zero-order valence-electron chi connectivity index (χ0n) is 13.7. The second-order valence-electron chi connectivity index (χ2n) is 5.73. The van der Waals surface area contributed by atoms with Crippen LogP contribution in [-0.2, 0) is 16.1 Å². The number of ether oxygens (including phenoxy) is 1. The lowest BCUT2D eigenvalue weighted by Gasteiger charge is -2.05. The van der Waals surface area contributed by atoms with Crippen LogP contribution in [0.3, 0.4) is 0 Å². The van der Waals surface area contributed by atoms with Crippen LogP contribution in [0, 0.1) is 13.8 Å². The van der Waals surface area contributed by atoms with Crippen molar-refractivity contribution in [3.63, 3.8) is 0 Å². The largest absolute Gasteiger partial charge is 0.457 e. The third-order valence-corrected chi connectivity index (χ3v) is 3.88. The summed E-state index contributed by atoms with van der Waals surface area (Å²) in [5.74, 6) is -0.623. The normalized spacial score (nSPS) is 10.9. The molecule has 3 aromatic rings. The molecule has 0 saturated heterocycles.